The van der Waals surface area contributed by atoms with Crippen LogP contribution in [0.2, 0.25) is 0 Å². The van der Waals surface area contributed by atoms with Crippen molar-refractivity contribution < 1.29 is 0 Å². The van der Waals surface area contributed by atoms with Crippen LogP contribution in [-0.4, -0.2) is 6.04 Å². The minimum atomic E-state index is 0.132. The Bertz CT molecular complexity index is 476. The van der Waals surface area contributed by atoms with Gasteiger partial charge in [0.05, 0.1) is 6.04 Å². The number of thiophene rings is 2. The van der Waals surface area contributed by atoms with E-state index in [0.29, 0.717) is 0 Å². The van der Waals surface area contributed by atoms with Crippen molar-refractivity contribution in [3.63, 3.8) is 0 Å². The van der Waals surface area contributed by atoms with Crippen LogP contribution in [0, 0.1) is 12.3 Å². The third-order valence-electron chi connectivity index (χ3n) is 2.29. The highest BCUT2D eigenvalue weighted by molar-refractivity contribution is 7.14. The lowest BCUT2D eigenvalue weighted by Crippen LogP contribution is -2.22. The number of nitrogens with one attached hydrogen (secondary N) is 1. The van der Waals surface area contributed by atoms with Gasteiger partial charge in [-0.25, -0.2) is 0 Å². The molecule has 0 saturated carbocycles. The van der Waals surface area contributed by atoms with Crippen molar-refractivity contribution in [3.8, 4) is 22.8 Å². The van der Waals surface area contributed by atoms with Gasteiger partial charge in [0.2, 0.25) is 0 Å². The molecule has 0 fully saturated rings. The molecule has 1 unspecified atom stereocenters. The predicted octanol–water partition coefficient (Wildman–Crippen LogP) is 3.59. The van der Waals surface area contributed by atoms with Crippen LogP contribution < -0.4 is 5.32 Å². The predicted molar refractivity (Wildman–Crippen MR) is 72.8 cm³/mol. The normalized spacial score (nSPS) is 12.2. The Morgan fingerprint density at radius 3 is 3.06 bits per heavy atom. The maximum Gasteiger partial charge on any atom is 0.0661 e. The average Bonchev–Trinajstić information content (AvgIpc) is 2.95. The molecule has 0 radical (unpaired) electrons. The molecule has 16 heavy (non-hydrogen) atoms. The number of hydrogen-bond donors (Lipinski definition) is 1. The van der Waals surface area contributed by atoms with Crippen molar-refractivity contribution in [3.05, 3.63) is 33.8 Å². The molecule has 2 rings (SSSR count). The van der Waals surface area contributed by atoms with Crippen LogP contribution in [0.5, 0.6) is 0 Å². The van der Waals surface area contributed by atoms with Gasteiger partial charge in [0.25, 0.3) is 0 Å². The molecule has 1 atom stereocenters. The molecular weight excluding hydrogens is 234 g/mol. The van der Waals surface area contributed by atoms with Crippen LogP contribution in [-0.2, 0) is 6.54 Å². The Balaban J connectivity index is 2.01. The molecule has 0 amide bonds. The molecule has 0 aromatic carbocycles. The first-order valence-corrected chi connectivity index (χ1v) is 6.86. The number of terminal acetylenes is 1. The van der Waals surface area contributed by atoms with Gasteiger partial charge in [0.1, 0.15) is 0 Å². The fraction of sp³-hybridized carbons (Fsp3) is 0.231. The second-order valence-electron chi connectivity index (χ2n) is 3.55. The highest BCUT2D eigenvalue weighted by Crippen LogP contribution is 2.29. The smallest absolute Gasteiger partial charge is 0.0661 e. The van der Waals surface area contributed by atoms with E-state index in [1.165, 1.54) is 15.3 Å². The van der Waals surface area contributed by atoms with Gasteiger partial charge in [0.15, 0.2) is 0 Å². The topological polar surface area (TPSA) is 12.0 Å². The molecule has 0 aliphatic rings. The van der Waals surface area contributed by atoms with Gasteiger partial charge in [0, 0.05) is 21.9 Å². The summed E-state index contributed by atoms with van der Waals surface area (Å²) in [5, 5.41) is 7.59. The molecule has 0 aliphatic heterocycles. The van der Waals surface area contributed by atoms with E-state index in [4.69, 9.17) is 6.42 Å². The molecule has 1 N–H and O–H groups in total. The van der Waals surface area contributed by atoms with Crippen molar-refractivity contribution in [2.24, 2.45) is 0 Å². The molecule has 3 heteroatoms. The largest absolute Gasteiger partial charge is 0.299 e. The summed E-state index contributed by atoms with van der Waals surface area (Å²) in [6.07, 6.45) is 5.31. The molecule has 0 bridgehead atoms. The molecule has 0 spiro atoms. The second kappa shape index (κ2) is 5.31. The highest BCUT2D eigenvalue weighted by Gasteiger charge is 2.04. The van der Waals surface area contributed by atoms with Gasteiger partial charge in [-0.15, -0.1) is 29.1 Å². The standard InChI is InChI=1S/C13H13NS2/c1-3-10(2)14-8-12-7-11(9-16-12)13-5-4-6-15-13/h1,4-7,9-10,14H,8H2,2H3. The van der Waals surface area contributed by atoms with E-state index in [-0.39, 0.29) is 6.04 Å². The zero-order valence-electron chi connectivity index (χ0n) is 9.07. The van der Waals surface area contributed by atoms with Crippen molar-refractivity contribution in [2.45, 2.75) is 19.5 Å². The first kappa shape index (κ1) is 11.4. The first-order valence-electron chi connectivity index (χ1n) is 5.10. The van der Waals surface area contributed by atoms with Gasteiger partial charge in [-0.3, -0.25) is 5.32 Å². The van der Waals surface area contributed by atoms with Crippen molar-refractivity contribution in [1.82, 2.24) is 5.32 Å². The Morgan fingerprint density at radius 2 is 2.38 bits per heavy atom. The second-order valence-corrected chi connectivity index (χ2v) is 5.49. The summed E-state index contributed by atoms with van der Waals surface area (Å²) in [5.41, 5.74) is 1.31. The summed E-state index contributed by atoms with van der Waals surface area (Å²) in [6, 6.07) is 6.59. The lowest BCUT2D eigenvalue weighted by Gasteiger charge is -2.04. The van der Waals surface area contributed by atoms with Crippen LogP contribution in [0.15, 0.2) is 29.0 Å². The molecule has 0 saturated heterocycles. The lowest BCUT2D eigenvalue weighted by atomic mass is 10.2. The fourth-order valence-electron chi connectivity index (χ4n) is 1.36. The Kier molecular flexibility index (Phi) is 3.79. The molecule has 2 aromatic heterocycles. The van der Waals surface area contributed by atoms with Crippen molar-refractivity contribution in [1.29, 1.82) is 0 Å². The van der Waals surface area contributed by atoms with E-state index >= 15 is 0 Å². The average molecular weight is 247 g/mol. The maximum absolute atomic E-state index is 5.31. The van der Waals surface area contributed by atoms with Gasteiger partial charge in [-0.2, -0.15) is 0 Å². The van der Waals surface area contributed by atoms with E-state index in [0.717, 1.165) is 6.54 Å². The summed E-state index contributed by atoms with van der Waals surface area (Å²) in [7, 11) is 0. The maximum atomic E-state index is 5.31. The SMILES string of the molecule is C#CC(C)NCc1cc(-c2cccs2)cs1. The Labute approximate surface area is 104 Å². The molecule has 2 aromatic rings. The van der Waals surface area contributed by atoms with E-state index in [2.05, 4.69) is 40.2 Å². The van der Waals surface area contributed by atoms with E-state index < -0.39 is 0 Å². The van der Waals surface area contributed by atoms with E-state index in [1.807, 2.05) is 6.92 Å². The van der Waals surface area contributed by atoms with Crippen LogP contribution in [0.25, 0.3) is 10.4 Å². The van der Waals surface area contributed by atoms with Gasteiger partial charge >= 0.3 is 0 Å². The van der Waals surface area contributed by atoms with Crippen LogP contribution in [0.1, 0.15) is 11.8 Å². The minimum Gasteiger partial charge on any atom is -0.299 e. The zero-order chi connectivity index (χ0) is 11.4. The Hall–Kier alpha value is -1.08. The zero-order valence-corrected chi connectivity index (χ0v) is 10.7. The van der Waals surface area contributed by atoms with Crippen LogP contribution in [0.3, 0.4) is 0 Å². The van der Waals surface area contributed by atoms with Crippen LogP contribution >= 0.6 is 22.7 Å². The molecule has 2 heterocycles. The summed E-state index contributed by atoms with van der Waals surface area (Å²) in [5.74, 6) is 2.67. The van der Waals surface area contributed by atoms with Crippen molar-refractivity contribution in [2.75, 3.05) is 0 Å². The van der Waals surface area contributed by atoms with Gasteiger partial charge in [-0.05, 0) is 29.8 Å². The summed E-state index contributed by atoms with van der Waals surface area (Å²) >= 11 is 3.55. The third-order valence-corrected chi connectivity index (χ3v) is 4.15. The molecule has 82 valence electrons. The van der Waals surface area contributed by atoms with Gasteiger partial charge < -0.3 is 0 Å². The van der Waals surface area contributed by atoms with Gasteiger partial charge in [-0.1, -0.05) is 12.0 Å². The first-order chi connectivity index (χ1) is 7.79. The van der Waals surface area contributed by atoms with E-state index in [9.17, 15) is 0 Å². The van der Waals surface area contributed by atoms with E-state index in [1.54, 1.807) is 22.7 Å². The minimum absolute atomic E-state index is 0.132. The molecule has 1 nitrogen and oxygen atoms in total. The lowest BCUT2D eigenvalue weighted by molar-refractivity contribution is 0.654. The highest BCUT2D eigenvalue weighted by atomic mass is 32.1. The third kappa shape index (κ3) is 2.73. The van der Waals surface area contributed by atoms with Crippen molar-refractivity contribution >= 4 is 22.7 Å². The monoisotopic (exact) mass is 247 g/mol. The Morgan fingerprint density at radius 1 is 1.50 bits per heavy atom. The summed E-state index contributed by atoms with van der Waals surface area (Å²) in [4.78, 5) is 2.65. The fourth-order valence-corrected chi connectivity index (χ4v) is 2.98. The summed E-state index contributed by atoms with van der Waals surface area (Å²) < 4.78 is 0. The molecule has 0 aliphatic carbocycles. The molecular formula is C13H13NS2. The number of hydrogen-bond acceptors (Lipinski definition) is 3. The van der Waals surface area contributed by atoms with Crippen LogP contribution in [0.4, 0.5) is 0 Å². The quantitative estimate of drug-likeness (QED) is 0.814. The summed E-state index contributed by atoms with van der Waals surface area (Å²) in [6.45, 7) is 2.84. The number of rotatable bonds is 4.